The third-order valence-electron chi connectivity index (χ3n) is 2.33. The van der Waals surface area contributed by atoms with Gasteiger partial charge in [-0.2, -0.15) is 0 Å². The zero-order chi connectivity index (χ0) is 11.5. The van der Waals surface area contributed by atoms with Crippen molar-refractivity contribution in [3.63, 3.8) is 0 Å². The van der Waals surface area contributed by atoms with Crippen LogP contribution < -0.4 is 0 Å². The first-order valence-corrected chi connectivity index (χ1v) is 6.04. The Labute approximate surface area is 103 Å². The van der Waals surface area contributed by atoms with Crippen LogP contribution in [0.15, 0.2) is 42.5 Å². The van der Waals surface area contributed by atoms with E-state index in [-0.39, 0.29) is 0 Å². The first kappa shape index (κ1) is 11.6. The summed E-state index contributed by atoms with van der Waals surface area (Å²) in [6.07, 6.45) is -1.85. The van der Waals surface area contributed by atoms with Crippen molar-refractivity contribution < 1.29 is 10.2 Å². The van der Waals surface area contributed by atoms with Crippen molar-refractivity contribution in [1.29, 1.82) is 0 Å². The Morgan fingerprint density at radius 1 is 0.938 bits per heavy atom. The van der Waals surface area contributed by atoms with Gasteiger partial charge in [-0.25, -0.2) is 0 Å². The third kappa shape index (κ3) is 2.44. The zero-order valence-corrected chi connectivity index (χ0v) is 9.95. The summed E-state index contributed by atoms with van der Waals surface area (Å²) in [6, 6.07) is 12.5. The molecule has 0 aliphatic heterocycles. The van der Waals surface area contributed by atoms with E-state index >= 15 is 0 Å². The van der Waals surface area contributed by atoms with Gasteiger partial charge in [0.05, 0.1) is 4.34 Å². The molecule has 0 amide bonds. The Morgan fingerprint density at radius 3 is 2.19 bits per heavy atom. The van der Waals surface area contributed by atoms with Crippen molar-refractivity contribution in [3.8, 4) is 0 Å². The molecule has 2 N–H and O–H groups in total. The van der Waals surface area contributed by atoms with Crippen LogP contribution in [0.25, 0.3) is 0 Å². The summed E-state index contributed by atoms with van der Waals surface area (Å²) in [5.41, 5.74) is 0.694. The number of benzene rings is 1. The van der Waals surface area contributed by atoms with Gasteiger partial charge >= 0.3 is 0 Å². The van der Waals surface area contributed by atoms with Gasteiger partial charge in [-0.15, -0.1) is 11.3 Å². The molecular formula is C12H11ClO2S. The molecule has 84 valence electrons. The highest BCUT2D eigenvalue weighted by Gasteiger charge is 2.21. The average Bonchev–Trinajstić information content (AvgIpc) is 2.75. The molecule has 1 aromatic carbocycles. The van der Waals surface area contributed by atoms with E-state index in [1.807, 2.05) is 18.2 Å². The fourth-order valence-electron chi connectivity index (χ4n) is 1.48. The van der Waals surface area contributed by atoms with Crippen molar-refractivity contribution in [3.05, 3.63) is 57.2 Å². The summed E-state index contributed by atoms with van der Waals surface area (Å²) in [5, 5.41) is 19.9. The van der Waals surface area contributed by atoms with Gasteiger partial charge in [0.2, 0.25) is 0 Å². The highest BCUT2D eigenvalue weighted by Crippen LogP contribution is 2.34. The van der Waals surface area contributed by atoms with E-state index in [0.29, 0.717) is 14.8 Å². The smallest absolute Gasteiger partial charge is 0.118 e. The Morgan fingerprint density at radius 2 is 1.62 bits per heavy atom. The first-order chi connectivity index (χ1) is 7.68. The third-order valence-corrected chi connectivity index (χ3v) is 3.63. The molecule has 1 aromatic heterocycles. The fraction of sp³-hybridized carbons (Fsp3) is 0.167. The lowest BCUT2D eigenvalue weighted by Gasteiger charge is -2.16. The molecule has 0 saturated heterocycles. The van der Waals surface area contributed by atoms with E-state index in [0.717, 1.165) is 0 Å². The molecule has 0 saturated carbocycles. The van der Waals surface area contributed by atoms with Crippen molar-refractivity contribution in [2.45, 2.75) is 12.2 Å². The van der Waals surface area contributed by atoms with Gasteiger partial charge in [0, 0.05) is 4.88 Å². The van der Waals surface area contributed by atoms with Crippen LogP contribution in [0, 0.1) is 0 Å². The van der Waals surface area contributed by atoms with E-state index in [4.69, 9.17) is 11.6 Å². The molecule has 0 radical (unpaired) electrons. The maximum absolute atomic E-state index is 9.97. The van der Waals surface area contributed by atoms with Crippen LogP contribution in [0.3, 0.4) is 0 Å². The van der Waals surface area contributed by atoms with E-state index in [2.05, 4.69) is 0 Å². The number of thiophene rings is 1. The predicted octanol–water partition coefficient (Wildman–Crippen LogP) is 3.17. The highest BCUT2D eigenvalue weighted by molar-refractivity contribution is 7.16. The summed E-state index contributed by atoms with van der Waals surface area (Å²) in [7, 11) is 0. The van der Waals surface area contributed by atoms with Crippen LogP contribution in [0.1, 0.15) is 22.6 Å². The molecule has 2 aromatic rings. The molecule has 1 heterocycles. The van der Waals surface area contributed by atoms with Crippen molar-refractivity contribution in [2.24, 2.45) is 0 Å². The van der Waals surface area contributed by atoms with Gasteiger partial charge in [0.1, 0.15) is 12.2 Å². The average molecular weight is 255 g/mol. The summed E-state index contributed by atoms with van der Waals surface area (Å²) < 4.78 is 0.606. The highest BCUT2D eigenvalue weighted by atomic mass is 35.5. The van der Waals surface area contributed by atoms with Crippen molar-refractivity contribution >= 4 is 22.9 Å². The van der Waals surface area contributed by atoms with Gasteiger partial charge < -0.3 is 10.2 Å². The zero-order valence-electron chi connectivity index (χ0n) is 8.38. The standard InChI is InChI=1S/C12H11ClO2S/c13-10-7-6-9(16-10)12(15)11(14)8-4-2-1-3-5-8/h1-7,11-12,14-15H. The number of hydrogen-bond donors (Lipinski definition) is 2. The number of halogens is 1. The molecule has 0 fully saturated rings. The van der Waals surface area contributed by atoms with Gasteiger partial charge in [0.25, 0.3) is 0 Å². The molecule has 16 heavy (non-hydrogen) atoms. The fourth-order valence-corrected chi connectivity index (χ4v) is 2.55. The molecule has 0 aliphatic carbocycles. The van der Waals surface area contributed by atoms with Crippen LogP contribution in [0.2, 0.25) is 4.34 Å². The normalized spacial score (nSPS) is 14.7. The summed E-state index contributed by atoms with van der Waals surface area (Å²) in [6.45, 7) is 0. The van der Waals surface area contributed by atoms with E-state index in [9.17, 15) is 10.2 Å². The monoisotopic (exact) mass is 254 g/mol. The predicted molar refractivity (Wildman–Crippen MR) is 65.7 cm³/mol. The van der Waals surface area contributed by atoms with Gasteiger partial charge in [0.15, 0.2) is 0 Å². The van der Waals surface area contributed by atoms with Crippen LogP contribution in [-0.4, -0.2) is 10.2 Å². The number of hydrogen-bond acceptors (Lipinski definition) is 3. The van der Waals surface area contributed by atoms with E-state index in [1.54, 1.807) is 24.3 Å². The van der Waals surface area contributed by atoms with Gasteiger partial charge in [-0.1, -0.05) is 41.9 Å². The van der Waals surface area contributed by atoms with Crippen molar-refractivity contribution in [2.75, 3.05) is 0 Å². The summed E-state index contributed by atoms with van der Waals surface area (Å²) in [4.78, 5) is 0.668. The number of aliphatic hydroxyl groups is 2. The Kier molecular flexibility index (Phi) is 3.61. The van der Waals surface area contributed by atoms with Crippen LogP contribution in [-0.2, 0) is 0 Å². The summed E-state index contributed by atoms with van der Waals surface area (Å²) in [5.74, 6) is 0. The largest absolute Gasteiger partial charge is 0.385 e. The Hall–Kier alpha value is -0.870. The lowest BCUT2D eigenvalue weighted by atomic mass is 10.0. The maximum Gasteiger partial charge on any atom is 0.118 e. The second kappa shape index (κ2) is 4.97. The van der Waals surface area contributed by atoms with E-state index < -0.39 is 12.2 Å². The SMILES string of the molecule is OC(c1ccccc1)C(O)c1ccc(Cl)s1. The molecule has 0 aliphatic rings. The van der Waals surface area contributed by atoms with Crippen LogP contribution in [0.5, 0.6) is 0 Å². The quantitative estimate of drug-likeness (QED) is 0.883. The van der Waals surface area contributed by atoms with Crippen molar-refractivity contribution in [1.82, 2.24) is 0 Å². The minimum Gasteiger partial charge on any atom is -0.385 e. The topological polar surface area (TPSA) is 40.5 Å². The maximum atomic E-state index is 9.97. The molecule has 2 atom stereocenters. The van der Waals surface area contributed by atoms with Crippen LogP contribution in [0.4, 0.5) is 0 Å². The molecule has 2 nitrogen and oxygen atoms in total. The Balaban J connectivity index is 2.19. The lowest BCUT2D eigenvalue weighted by molar-refractivity contribution is 0.0195. The lowest BCUT2D eigenvalue weighted by Crippen LogP contribution is -2.08. The minimum absolute atomic E-state index is 0.606. The molecule has 2 rings (SSSR count). The molecule has 0 spiro atoms. The van der Waals surface area contributed by atoms with Gasteiger partial charge in [-0.05, 0) is 17.7 Å². The van der Waals surface area contributed by atoms with Gasteiger partial charge in [-0.3, -0.25) is 0 Å². The van der Waals surface area contributed by atoms with Crippen LogP contribution >= 0.6 is 22.9 Å². The second-order valence-electron chi connectivity index (χ2n) is 3.44. The number of aliphatic hydroxyl groups excluding tert-OH is 2. The molecular weight excluding hydrogens is 244 g/mol. The Bertz CT molecular complexity index is 455. The first-order valence-electron chi connectivity index (χ1n) is 4.85. The molecule has 0 bridgehead atoms. The molecule has 2 unspecified atom stereocenters. The number of rotatable bonds is 3. The van der Waals surface area contributed by atoms with E-state index in [1.165, 1.54) is 11.3 Å². The summed E-state index contributed by atoms with van der Waals surface area (Å²) >= 11 is 7.06. The second-order valence-corrected chi connectivity index (χ2v) is 5.19. The molecule has 4 heteroatoms. The minimum atomic E-state index is -0.931.